The molecule has 0 aliphatic carbocycles. The molecule has 3 N–H and O–H groups in total. The van der Waals surface area contributed by atoms with E-state index in [2.05, 4.69) is 5.10 Å². The lowest BCUT2D eigenvalue weighted by atomic mass is 10.2. The Morgan fingerprint density at radius 2 is 2.17 bits per heavy atom. The molecule has 0 radical (unpaired) electrons. The second kappa shape index (κ2) is 4.70. The van der Waals surface area contributed by atoms with Gasteiger partial charge in [0.15, 0.2) is 0 Å². The van der Waals surface area contributed by atoms with Crippen molar-refractivity contribution in [1.29, 1.82) is 5.41 Å². The highest BCUT2D eigenvalue weighted by Crippen LogP contribution is 2.30. The van der Waals surface area contributed by atoms with E-state index in [9.17, 15) is 0 Å². The van der Waals surface area contributed by atoms with E-state index in [1.54, 1.807) is 29.9 Å². The monoisotopic (exact) mass is 264 g/mol. The van der Waals surface area contributed by atoms with Crippen molar-refractivity contribution < 1.29 is 4.74 Å². The molecule has 0 amide bonds. The second-order valence-electron chi connectivity index (χ2n) is 3.91. The van der Waals surface area contributed by atoms with Crippen LogP contribution in [0, 0.1) is 12.3 Å². The SMILES string of the molecule is Cc1cc(Oc2ccc(C(=N)N)cc2Cl)n(C)n1. The highest BCUT2D eigenvalue weighted by atomic mass is 35.5. The second-order valence-corrected chi connectivity index (χ2v) is 4.32. The van der Waals surface area contributed by atoms with Gasteiger partial charge in [-0.1, -0.05) is 11.6 Å². The Hall–Kier alpha value is -2.01. The van der Waals surface area contributed by atoms with E-state index < -0.39 is 0 Å². The number of hydrogen-bond acceptors (Lipinski definition) is 3. The molecule has 0 bridgehead atoms. The molecule has 0 fully saturated rings. The van der Waals surface area contributed by atoms with Crippen molar-refractivity contribution in [2.75, 3.05) is 0 Å². The van der Waals surface area contributed by atoms with Gasteiger partial charge in [-0.25, -0.2) is 4.68 Å². The predicted molar refractivity (Wildman–Crippen MR) is 70.5 cm³/mol. The fourth-order valence-corrected chi connectivity index (χ4v) is 1.77. The van der Waals surface area contributed by atoms with Crippen molar-refractivity contribution >= 4 is 17.4 Å². The minimum Gasteiger partial charge on any atom is -0.438 e. The summed E-state index contributed by atoms with van der Waals surface area (Å²) in [5.74, 6) is 1.08. The number of hydrogen-bond donors (Lipinski definition) is 2. The number of aromatic nitrogens is 2. The topological polar surface area (TPSA) is 76.9 Å². The number of rotatable bonds is 3. The summed E-state index contributed by atoms with van der Waals surface area (Å²) in [5, 5.41) is 11.9. The van der Waals surface area contributed by atoms with E-state index in [1.165, 1.54) is 0 Å². The third-order valence-corrected chi connectivity index (χ3v) is 2.71. The summed E-state index contributed by atoms with van der Waals surface area (Å²) in [6.07, 6.45) is 0. The molecular weight excluding hydrogens is 252 g/mol. The fraction of sp³-hybridized carbons (Fsp3) is 0.167. The van der Waals surface area contributed by atoms with Gasteiger partial charge in [-0.15, -0.1) is 0 Å². The lowest BCUT2D eigenvalue weighted by Crippen LogP contribution is -2.10. The van der Waals surface area contributed by atoms with E-state index in [-0.39, 0.29) is 5.84 Å². The Labute approximate surface area is 110 Å². The van der Waals surface area contributed by atoms with Gasteiger partial charge in [-0.3, -0.25) is 5.41 Å². The van der Waals surface area contributed by atoms with Crippen LogP contribution in [0.1, 0.15) is 11.3 Å². The average Bonchev–Trinajstić information content (AvgIpc) is 2.60. The summed E-state index contributed by atoms with van der Waals surface area (Å²) in [5.41, 5.74) is 6.81. The zero-order valence-electron chi connectivity index (χ0n) is 10.1. The highest BCUT2D eigenvalue weighted by molar-refractivity contribution is 6.32. The molecule has 1 aromatic heterocycles. The van der Waals surface area contributed by atoms with Crippen LogP contribution < -0.4 is 10.5 Å². The summed E-state index contributed by atoms with van der Waals surface area (Å²) in [7, 11) is 1.79. The summed E-state index contributed by atoms with van der Waals surface area (Å²) >= 11 is 6.08. The smallest absolute Gasteiger partial charge is 0.217 e. The van der Waals surface area contributed by atoms with Crippen LogP contribution in [0.3, 0.4) is 0 Å². The quantitative estimate of drug-likeness (QED) is 0.660. The van der Waals surface area contributed by atoms with Crippen LogP contribution >= 0.6 is 11.6 Å². The number of nitrogens with zero attached hydrogens (tertiary/aromatic N) is 2. The third-order valence-electron chi connectivity index (χ3n) is 2.42. The van der Waals surface area contributed by atoms with Crippen LogP contribution in [-0.2, 0) is 7.05 Å². The molecule has 0 spiro atoms. The van der Waals surface area contributed by atoms with Gasteiger partial charge in [0.2, 0.25) is 5.88 Å². The van der Waals surface area contributed by atoms with E-state index in [4.69, 9.17) is 27.5 Å². The van der Waals surface area contributed by atoms with E-state index >= 15 is 0 Å². The zero-order chi connectivity index (χ0) is 13.3. The van der Waals surface area contributed by atoms with Crippen LogP contribution in [-0.4, -0.2) is 15.6 Å². The first-order chi connectivity index (χ1) is 8.47. The van der Waals surface area contributed by atoms with Crippen LogP contribution in [0.25, 0.3) is 0 Å². The fourth-order valence-electron chi connectivity index (χ4n) is 1.55. The molecule has 0 saturated carbocycles. The van der Waals surface area contributed by atoms with Crippen LogP contribution in [0.2, 0.25) is 5.02 Å². The molecule has 2 aromatic rings. The third kappa shape index (κ3) is 2.46. The summed E-state index contributed by atoms with van der Waals surface area (Å²) < 4.78 is 7.28. The Morgan fingerprint density at radius 1 is 1.44 bits per heavy atom. The van der Waals surface area contributed by atoms with Crippen molar-refractivity contribution in [1.82, 2.24) is 9.78 Å². The minimum absolute atomic E-state index is 0.0279. The van der Waals surface area contributed by atoms with Crippen LogP contribution in [0.4, 0.5) is 0 Å². The lowest BCUT2D eigenvalue weighted by molar-refractivity contribution is 0.431. The van der Waals surface area contributed by atoms with Crippen molar-refractivity contribution in [2.45, 2.75) is 6.92 Å². The van der Waals surface area contributed by atoms with E-state index in [0.29, 0.717) is 22.2 Å². The lowest BCUT2D eigenvalue weighted by Gasteiger charge is -2.08. The Morgan fingerprint density at radius 3 is 2.67 bits per heavy atom. The van der Waals surface area contributed by atoms with Gasteiger partial charge < -0.3 is 10.5 Å². The van der Waals surface area contributed by atoms with Gasteiger partial charge in [0.05, 0.1) is 10.7 Å². The van der Waals surface area contributed by atoms with Gasteiger partial charge in [0.25, 0.3) is 0 Å². The molecule has 0 unspecified atom stereocenters. The summed E-state index contributed by atoms with van der Waals surface area (Å²) in [6.45, 7) is 1.88. The predicted octanol–water partition coefficient (Wildman–Crippen LogP) is 2.46. The van der Waals surface area contributed by atoms with Crippen molar-refractivity contribution in [2.24, 2.45) is 12.8 Å². The largest absolute Gasteiger partial charge is 0.438 e. The Balaban J connectivity index is 2.30. The zero-order valence-corrected chi connectivity index (χ0v) is 10.8. The van der Waals surface area contributed by atoms with Crippen molar-refractivity contribution in [3.8, 4) is 11.6 Å². The molecule has 5 nitrogen and oxygen atoms in total. The number of nitrogens with one attached hydrogen (secondary N) is 1. The number of aryl methyl sites for hydroxylation is 2. The maximum absolute atomic E-state index is 7.33. The van der Waals surface area contributed by atoms with Crippen LogP contribution in [0.15, 0.2) is 24.3 Å². The van der Waals surface area contributed by atoms with Crippen molar-refractivity contribution in [3.63, 3.8) is 0 Å². The maximum atomic E-state index is 7.33. The first-order valence-corrected chi connectivity index (χ1v) is 5.67. The normalized spacial score (nSPS) is 10.4. The molecule has 0 aliphatic heterocycles. The molecule has 1 heterocycles. The summed E-state index contributed by atoms with van der Waals surface area (Å²) in [6, 6.07) is 6.78. The van der Waals surface area contributed by atoms with E-state index in [1.807, 2.05) is 13.0 Å². The number of ether oxygens (including phenoxy) is 1. The van der Waals surface area contributed by atoms with Crippen molar-refractivity contribution in [3.05, 3.63) is 40.5 Å². The van der Waals surface area contributed by atoms with Gasteiger partial charge in [0, 0.05) is 18.7 Å². The van der Waals surface area contributed by atoms with Crippen LogP contribution in [0.5, 0.6) is 11.6 Å². The molecule has 0 saturated heterocycles. The van der Waals surface area contributed by atoms with Gasteiger partial charge in [-0.05, 0) is 25.1 Å². The minimum atomic E-state index is -0.0279. The molecule has 6 heteroatoms. The van der Waals surface area contributed by atoms with E-state index in [0.717, 1.165) is 5.69 Å². The standard InChI is InChI=1S/C12H13ClN4O/c1-7-5-11(17(2)16-7)18-10-4-3-8(12(14)15)6-9(10)13/h3-6H,1-2H3,(H3,14,15). The number of amidine groups is 1. The first kappa shape index (κ1) is 12.4. The number of nitrogen functional groups attached to an aromatic ring is 1. The molecule has 0 atom stereocenters. The first-order valence-electron chi connectivity index (χ1n) is 5.30. The molecular formula is C12H13ClN4O. The Bertz CT molecular complexity index is 606. The molecule has 2 rings (SSSR count). The molecule has 1 aromatic carbocycles. The maximum Gasteiger partial charge on any atom is 0.217 e. The molecule has 94 valence electrons. The highest BCUT2D eigenvalue weighted by Gasteiger charge is 2.09. The summed E-state index contributed by atoms with van der Waals surface area (Å²) in [4.78, 5) is 0. The number of halogens is 1. The number of benzene rings is 1. The molecule has 18 heavy (non-hydrogen) atoms. The molecule has 0 aliphatic rings. The van der Waals surface area contributed by atoms with Gasteiger partial charge in [0.1, 0.15) is 11.6 Å². The Kier molecular flexibility index (Phi) is 3.25. The van der Waals surface area contributed by atoms with Gasteiger partial charge >= 0.3 is 0 Å². The number of nitrogens with two attached hydrogens (primary N) is 1. The van der Waals surface area contributed by atoms with Gasteiger partial charge in [-0.2, -0.15) is 5.10 Å². The average molecular weight is 265 g/mol.